The van der Waals surface area contributed by atoms with Crippen molar-refractivity contribution in [1.29, 1.82) is 0 Å². The molecule has 0 aliphatic heterocycles. The van der Waals surface area contributed by atoms with E-state index in [0.29, 0.717) is 0 Å². The van der Waals surface area contributed by atoms with Crippen LogP contribution in [0.2, 0.25) is 0 Å². The molecule has 3 N–H and O–H groups in total. The number of nitrogens with one attached hydrogen (secondary N) is 1. The Morgan fingerprint density at radius 1 is 1.44 bits per heavy atom. The first-order valence-corrected chi connectivity index (χ1v) is 5.20. The Hall–Kier alpha value is -0.810. The molecular formula is C10H19ClN2O3. The minimum atomic E-state index is -0.602. The van der Waals surface area contributed by atoms with E-state index < -0.39 is 12.0 Å². The van der Waals surface area contributed by atoms with Crippen LogP contribution in [0.15, 0.2) is 0 Å². The van der Waals surface area contributed by atoms with E-state index in [1.54, 1.807) is 6.92 Å². The standard InChI is InChI=1S/C10H18N2O3.ClH/c1-6(10(14)15-2)12-9(13)7-4-3-5-8(7)11;/h6-8H,3-5,11H2,1-2H3,(H,12,13);1H/t6-,7?,8?;/m0./s1. The summed E-state index contributed by atoms with van der Waals surface area (Å²) in [5.41, 5.74) is 5.79. The van der Waals surface area contributed by atoms with Crippen LogP contribution >= 0.6 is 12.4 Å². The summed E-state index contributed by atoms with van der Waals surface area (Å²) in [5.74, 6) is -0.732. The number of amides is 1. The molecule has 16 heavy (non-hydrogen) atoms. The largest absolute Gasteiger partial charge is 0.467 e. The molecule has 1 saturated carbocycles. The maximum atomic E-state index is 11.7. The van der Waals surface area contributed by atoms with Crippen LogP contribution in [-0.4, -0.2) is 31.1 Å². The topological polar surface area (TPSA) is 81.4 Å². The van der Waals surface area contributed by atoms with Gasteiger partial charge >= 0.3 is 5.97 Å². The lowest BCUT2D eigenvalue weighted by atomic mass is 10.0. The quantitative estimate of drug-likeness (QED) is 0.702. The number of rotatable bonds is 3. The minimum absolute atomic E-state index is 0. The first kappa shape index (κ1) is 15.2. The smallest absolute Gasteiger partial charge is 0.328 e. The van der Waals surface area contributed by atoms with Crippen molar-refractivity contribution in [1.82, 2.24) is 5.32 Å². The van der Waals surface area contributed by atoms with Crippen molar-refractivity contribution in [2.45, 2.75) is 38.3 Å². The van der Waals surface area contributed by atoms with Gasteiger partial charge in [0.1, 0.15) is 6.04 Å². The van der Waals surface area contributed by atoms with Gasteiger partial charge in [-0.2, -0.15) is 0 Å². The van der Waals surface area contributed by atoms with Crippen LogP contribution in [0.4, 0.5) is 0 Å². The number of carbonyl (C=O) groups excluding carboxylic acids is 2. The van der Waals surface area contributed by atoms with E-state index in [1.165, 1.54) is 7.11 Å². The summed E-state index contributed by atoms with van der Waals surface area (Å²) in [4.78, 5) is 22.8. The number of carbonyl (C=O) groups is 2. The highest BCUT2D eigenvalue weighted by Crippen LogP contribution is 2.23. The Balaban J connectivity index is 0.00000225. The zero-order valence-corrected chi connectivity index (χ0v) is 10.4. The maximum Gasteiger partial charge on any atom is 0.328 e. The van der Waals surface area contributed by atoms with Crippen LogP contribution in [0.1, 0.15) is 26.2 Å². The number of ether oxygens (including phenoxy) is 1. The Bertz CT molecular complexity index is 260. The van der Waals surface area contributed by atoms with Gasteiger partial charge in [-0.25, -0.2) is 4.79 Å². The Labute approximate surface area is 101 Å². The van der Waals surface area contributed by atoms with E-state index in [4.69, 9.17) is 5.73 Å². The lowest BCUT2D eigenvalue weighted by Crippen LogP contribution is -2.45. The third kappa shape index (κ3) is 3.64. The van der Waals surface area contributed by atoms with E-state index in [0.717, 1.165) is 19.3 Å². The fraction of sp³-hybridized carbons (Fsp3) is 0.800. The fourth-order valence-corrected chi connectivity index (χ4v) is 1.87. The molecule has 1 aliphatic carbocycles. The van der Waals surface area contributed by atoms with Gasteiger partial charge in [0.05, 0.1) is 13.0 Å². The molecule has 0 aromatic carbocycles. The average Bonchev–Trinajstić information content (AvgIpc) is 2.63. The second kappa shape index (κ2) is 6.70. The van der Waals surface area contributed by atoms with Crippen LogP contribution in [0, 0.1) is 5.92 Å². The summed E-state index contributed by atoms with van der Waals surface area (Å²) in [6.45, 7) is 1.60. The molecule has 0 spiro atoms. The SMILES string of the molecule is COC(=O)[C@H](C)NC(=O)C1CCCC1N.Cl. The van der Waals surface area contributed by atoms with Gasteiger partial charge in [-0.3, -0.25) is 4.79 Å². The summed E-state index contributed by atoms with van der Waals surface area (Å²) >= 11 is 0. The second-order valence-electron chi connectivity index (χ2n) is 3.95. The number of halogens is 1. The van der Waals surface area contributed by atoms with Crippen LogP contribution < -0.4 is 11.1 Å². The van der Waals surface area contributed by atoms with Crippen molar-refractivity contribution in [3.05, 3.63) is 0 Å². The Kier molecular flexibility index (Phi) is 6.36. The summed E-state index contributed by atoms with van der Waals surface area (Å²) in [7, 11) is 1.30. The lowest BCUT2D eigenvalue weighted by Gasteiger charge is -2.18. The summed E-state index contributed by atoms with van der Waals surface area (Å²) in [5, 5.41) is 2.61. The highest BCUT2D eigenvalue weighted by molar-refractivity contribution is 5.86. The van der Waals surface area contributed by atoms with Crippen molar-refractivity contribution in [2.75, 3.05) is 7.11 Å². The monoisotopic (exact) mass is 250 g/mol. The minimum Gasteiger partial charge on any atom is -0.467 e. The summed E-state index contributed by atoms with van der Waals surface area (Å²) in [6, 6.07) is -0.676. The first-order chi connectivity index (χ1) is 7.06. The zero-order valence-electron chi connectivity index (χ0n) is 9.56. The number of hydrogen-bond donors (Lipinski definition) is 2. The molecule has 1 amide bonds. The molecule has 0 bridgehead atoms. The summed E-state index contributed by atoms with van der Waals surface area (Å²) < 4.78 is 4.52. The molecule has 0 aromatic rings. The van der Waals surface area contributed by atoms with Gasteiger partial charge in [-0.15, -0.1) is 12.4 Å². The molecule has 0 aromatic heterocycles. The summed E-state index contributed by atoms with van der Waals surface area (Å²) in [6.07, 6.45) is 2.66. The maximum absolute atomic E-state index is 11.7. The molecule has 5 nitrogen and oxygen atoms in total. The molecule has 94 valence electrons. The van der Waals surface area contributed by atoms with Gasteiger partial charge in [-0.1, -0.05) is 6.42 Å². The van der Waals surface area contributed by atoms with Crippen molar-refractivity contribution < 1.29 is 14.3 Å². The van der Waals surface area contributed by atoms with E-state index in [-0.39, 0.29) is 30.3 Å². The van der Waals surface area contributed by atoms with E-state index in [1.807, 2.05) is 0 Å². The van der Waals surface area contributed by atoms with Crippen LogP contribution in [-0.2, 0) is 14.3 Å². The predicted octanol–water partition coefficient (Wildman–Crippen LogP) is 0.213. The molecule has 0 saturated heterocycles. The molecule has 6 heteroatoms. The molecule has 0 radical (unpaired) electrons. The zero-order chi connectivity index (χ0) is 11.4. The third-order valence-electron chi connectivity index (χ3n) is 2.82. The molecular weight excluding hydrogens is 232 g/mol. The van der Waals surface area contributed by atoms with Gasteiger partial charge in [-0.05, 0) is 19.8 Å². The highest BCUT2D eigenvalue weighted by atomic mass is 35.5. The molecule has 0 heterocycles. The van der Waals surface area contributed by atoms with Crippen LogP contribution in [0.5, 0.6) is 0 Å². The number of nitrogens with two attached hydrogens (primary N) is 1. The van der Waals surface area contributed by atoms with E-state index in [2.05, 4.69) is 10.1 Å². The van der Waals surface area contributed by atoms with Gasteiger partial charge in [0, 0.05) is 6.04 Å². The van der Waals surface area contributed by atoms with E-state index >= 15 is 0 Å². The molecule has 2 unspecified atom stereocenters. The first-order valence-electron chi connectivity index (χ1n) is 5.20. The van der Waals surface area contributed by atoms with Gasteiger partial charge in [0.25, 0.3) is 0 Å². The molecule has 1 aliphatic rings. The normalized spacial score (nSPS) is 25.4. The van der Waals surface area contributed by atoms with E-state index in [9.17, 15) is 9.59 Å². The lowest BCUT2D eigenvalue weighted by molar-refractivity contribution is -0.145. The fourth-order valence-electron chi connectivity index (χ4n) is 1.87. The number of methoxy groups -OCH3 is 1. The van der Waals surface area contributed by atoms with Crippen molar-refractivity contribution >= 4 is 24.3 Å². The molecule has 1 rings (SSSR count). The van der Waals surface area contributed by atoms with Crippen molar-refractivity contribution in [2.24, 2.45) is 11.7 Å². The van der Waals surface area contributed by atoms with Gasteiger partial charge in [0.15, 0.2) is 0 Å². The van der Waals surface area contributed by atoms with Gasteiger partial charge < -0.3 is 15.8 Å². The Morgan fingerprint density at radius 3 is 2.50 bits per heavy atom. The Morgan fingerprint density at radius 2 is 2.06 bits per heavy atom. The average molecular weight is 251 g/mol. The van der Waals surface area contributed by atoms with Crippen LogP contribution in [0.3, 0.4) is 0 Å². The third-order valence-corrected chi connectivity index (χ3v) is 2.82. The van der Waals surface area contributed by atoms with Crippen LogP contribution in [0.25, 0.3) is 0 Å². The van der Waals surface area contributed by atoms with Crippen molar-refractivity contribution in [3.8, 4) is 0 Å². The second-order valence-corrected chi connectivity index (χ2v) is 3.95. The number of hydrogen-bond acceptors (Lipinski definition) is 4. The number of esters is 1. The predicted molar refractivity (Wildman–Crippen MR) is 62.2 cm³/mol. The molecule has 3 atom stereocenters. The molecule has 1 fully saturated rings. The van der Waals surface area contributed by atoms with Crippen molar-refractivity contribution in [3.63, 3.8) is 0 Å². The van der Waals surface area contributed by atoms with Gasteiger partial charge in [0.2, 0.25) is 5.91 Å². The highest BCUT2D eigenvalue weighted by Gasteiger charge is 2.31.